The standard InChI is InChI=1S/C9H6N2O2/c10-3-6-1-2-7-8(11-6)4-13-5-9(7)12/h1-2H,4-5H2. The number of Topliss-reactive ketones (excluding diaryl/α,β-unsaturated/α-hetero) is 1. The van der Waals surface area contributed by atoms with E-state index in [9.17, 15) is 4.79 Å². The lowest BCUT2D eigenvalue weighted by Gasteiger charge is -2.13. The monoisotopic (exact) mass is 174 g/mol. The van der Waals surface area contributed by atoms with Gasteiger partial charge in [-0.25, -0.2) is 4.98 Å². The highest BCUT2D eigenvalue weighted by molar-refractivity contribution is 5.98. The van der Waals surface area contributed by atoms with E-state index in [0.29, 0.717) is 23.6 Å². The van der Waals surface area contributed by atoms with E-state index in [4.69, 9.17) is 10.00 Å². The first-order chi connectivity index (χ1) is 6.31. The van der Waals surface area contributed by atoms with Gasteiger partial charge in [0.05, 0.1) is 12.3 Å². The van der Waals surface area contributed by atoms with Gasteiger partial charge in [-0.1, -0.05) is 0 Å². The van der Waals surface area contributed by atoms with Gasteiger partial charge in [-0.15, -0.1) is 0 Å². The molecule has 0 N–H and O–H groups in total. The Bertz CT molecular complexity index is 407. The number of nitrogens with zero attached hydrogens (tertiary/aromatic N) is 2. The van der Waals surface area contributed by atoms with Crippen LogP contribution in [0.3, 0.4) is 0 Å². The number of pyridine rings is 1. The Morgan fingerprint density at radius 1 is 1.46 bits per heavy atom. The van der Waals surface area contributed by atoms with Gasteiger partial charge in [-0.2, -0.15) is 5.26 Å². The molecule has 0 aromatic carbocycles. The number of ketones is 1. The van der Waals surface area contributed by atoms with Crippen molar-refractivity contribution in [2.75, 3.05) is 6.61 Å². The summed E-state index contributed by atoms with van der Waals surface area (Å²) in [4.78, 5) is 15.2. The molecule has 0 bridgehead atoms. The maximum Gasteiger partial charge on any atom is 0.190 e. The van der Waals surface area contributed by atoms with Gasteiger partial charge in [0.1, 0.15) is 18.4 Å². The summed E-state index contributed by atoms with van der Waals surface area (Å²) >= 11 is 0. The van der Waals surface area contributed by atoms with Crippen LogP contribution >= 0.6 is 0 Å². The molecule has 0 amide bonds. The SMILES string of the molecule is N#Cc1ccc2c(n1)COCC2=O. The molecule has 0 unspecified atom stereocenters. The number of nitriles is 1. The number of fused-ring (bicyclic) bond motifs is 1. The summed E-state index contributed by atoms with van der Waals surface area (Å²) < 4.78 is 4.99. The van der Waals surface area contributed by atoms with Gasteiger partial charge in [0.25, 0.3) is 0 Å². The first-order valence-electron chi connectivity index (χ1n) is 3.82. The third kappa shape index (κ3) is 1.30. The van der Waals surface area contributed by atoms with Crippen molar-refractivity contribution < 1.29 is 9.53 Å². The van der Waals surface area contributed by atoms with E-state index in [1.54, 1.807) is 12.1 Å². The molecular weight excluding hydrogens is 168 g/mol. The quantitative estimate of drug-likeness (QED) is 0.579. The van der Waals surface area contributed by atoms with Crippen molar-refractivity contribution >= 4 is 5.78 Å². The zero-order valence-electron chi connectivity index (χ0n) is 6.78. The van der Waals surface area contributed by atoms with E-state index >= 15 is 0 Å². The van der Waals surface area contributed by atoms with Gasteiger partial charge in [0.2, 0.25) is 0 Å². The summed E-state index contributed by atoms with van der Waals surface area (Å²) in [6.45, 7) is 0.428. The molecule has 0 saturated heterocycles. The number of carbonyl (C=O) groups excluding carboxylic acids is 1. The van der Waals surface area contributed by atoms with Crippen molar-refractivity contribution in [1.29, 1.82) is 5.26 Å². The highest BCUT2D eigenvalue weighted by atomic mass is 16.5. The van der Waals surface area contributed by atoms with Crippen LogP contribution in [0, 0.1) is 11.3 Å². The molecule has 0 aliphatic carbocycles. The Morgan fingerprint density at radius 3 is 3.08 bits per heavy atom. The predicted octanol–water partition coefficient (Wildman–Crippen LogP) is 0.666. The van der Waals surface area contributed by atoms with Crippen LogP contribution in [0.15, 0.2) is 12.1 Å². The topological polar surface area (TPSA) is 63.0 Å². The maximum atomic E-state index is 11.2. The maximum absolute atomic E-state index is 11.2. The molecule has 1 aliphatic heterocycles. The first-order valence-corrected chi connectivity index (χ1v) is 3.82. The van der Waals surface area contributed by atoms with E-state index in [1.807, 2.05) is 6.07 Å². The molecular formula is C9H6N2O2. The Kier molecular flexibility index (Phi) is 1.80. The van der Waals surface area contributed by atoms with Crippen molar-refractivity contribution in [2.45, 2.75) is 6.61 Å². The van der Waals surface area contributed by atoms with E-state index in [-0.39, 0.29) is 12.4 Å². The van der Waals surface area contributed by atoms with Crippen LogP contribution in [0.25, 0.3) is 0 Å². The van der Waals surface area contributed by atoms with Crippen molar-refractivity contribution in [3.8, 4) is 6.07 Å². The third-order valence-electron chi connectivity index (χ3n) is 1.86. The molecule has 0 atom stereocenters. The van der Waals surface area contributed by atoms with Crippen molar-refractivity contribution in [3.05, 3.63) is 29.1 Å². The molecule has 1 aliphatic rings. The highest BCUT2D eigenvalue weighted by Gasteiger charge is 2.18. The zero-order valence-corrected chi connectivity index (χ0v) is 6.78. The highest BCUT2D eigenvalue weighted by Crippen LogP contribution is 2.14. The van der Waals surface area contributed by atoms with Crippen LogP contribution in [0.4, 0.5) is 0 Å². The van der Waals surface area contributed by atoms with Gasteiger partial charge in [-0.3, -0.25) is 4.79 Å². The van der Waals surface area contributed by atoms with Crippen LogP contribution < -0.4 is 0 Å². The number of hydrogen-bond acceptors (Lipinski definition) is 4. The second-order valence-corrected chi connectivity index (χ2v) is 2.72. The fraction of sp³-hybridized carbons (Fsp3) is 0.222. The minimum absolute atomic E-state index is 0.0711. The van der Waals surface area contributed by atoms with Crippen molar-refractivity contribution in [3.63, 3.8) is 0 Å². The molecule has 13 heavy (non-hydrogen) atoms. The number of hydrogen-bond donors (Lipinski definition) is 0. The lowest BCUT2D eigenvalue weighted by atomic mass is 10.1. The van der Waals surface area contributed by atoms with Crippen molar-refractivity contribution in [1.82, 2.24) is 4.98 Å². The molecule has 2 rings (SSSR count). The number of ether oxygens (including phenoxy) is 1. The summed E-state index contributed by atoms with van der Waals surface area (Å²) in [6, 6.07) is 5.09. The Morgan fingerprint density at radius 2 is 2.31 bits per heavy atom. The van der Waals surface area contributed by atoms with E-state index < -0.39 is 0 Å². The first kappa shape index (κ1) is 7.90. The van der Waals surface area contributed by atoms with Crippen LogP contribution in [0.5, 0.6) is 0 Å². The van der Waals surface area contributed by atoms with Gasteiger partial charge in [0.15, 0.2) is 5.78 Å². The minimum atomic E-state index is -0.0711. The fourth-order valence-corrected chi connectivity index (χ4v) is 1.25. The summed E-state index contributed by atoms with van der Waals surface area (Å²) in [6.07, 6.45) is 0. The largest absolute Gasteiger partial charge is 0.367 e. The molecule has 64 valence electrons. The van der Waals surface area contributed by atoms with Gasteiger partial charge in [0, 0.05) is 5.56 Å². The average Bonchev–Trinajstić information content (AvgIpc) is 2.18. The van der Waals surface area contributed by atoms with Gasteiger partial charge < -0.3 is 4.74 Å². The second kappa shape index (κ2) is 2.96. The fourth-order valence-electron chi connectivity index (χ4n) is 1.25. The molecule has 4 heteroatoms. The Labute approximate surface area is 74.8 Å². The van der Waals surface area contributed by atoms with E-state index in [1.165, 1.54) is 0 Å². The van der Waals surface area contributed by atoms with Crippen LogP contribution in [-0.4, -0.2) is 17.4 Å². The molecule has 1 aromatic heterocycles. The van der Waals surface area contributed by atoms with Crippen LogP contribution in [0.2, 0.25) is 0 Å². The minimum Gasteiger partial charge on any atom is -0.367 e. The lowest BCUT2D eigenvalue weighted by Crippen LogP contribution is -2.19. The molecule has 0 saturated carbocycles. The van der Waals surface area contributed by atoms with Gasteiger partial charge in [-0.05, 0) is 12.1 Å². The third-order valence-corrected chi connectivity index (χ3v) is 1.86. The van der Waals surface area contributed by atoms with E-state index in [0.717, 1.165) is 0 Å². The Hall–Kier alpha value is -1.73. The molecule has 0 fully saturated rings. The number of rotatable bonds is 0. The molecule has 2 heterocycles. The van der Waals surface area contributed by atoms with Crippen molar-refractivity contribution in [2.24, 2.45) is 0 Å². The van der Waals surface area contributed by atoms with Crippen LogP contribution in [0.1, 0.15) is 21.7 Å². The van der Waals surface area contributed by atoms with Crippen LogP contribution in [-0.2, 0) is 11.3 Å². The second-order valence-electron chi connectivity index (χ2n) is 2.72. The summed E-state index contributed by atoms with van der Waals surface area (Å²) in [5.41, 5.74) is 1.46. The average molecular weight is 174 g/mol. The lowest BCUT2D eigenvalue weighted by molar-refractivity contribution is 0.0655. The van der Waals surface area contributed by atoms with Gasteiger partial charge >= 0.3 is 0 Å². The molecule has 0 spiro atoms. The predicted molar refractivity (Wildman–Crippen MR) is 42.9 cm³/mol. The summed E-state index contributed by atoms with van der Waals surface area (Å²) in [5, 5.41) is 8.57. The number of aromatic nitrogens is 1. The van der Waals surface area contributed by atoms with E-state index in [2.05, 4.69) is 4.98 Å². The smallest absolute Gasteiger partial charge is 0.190 e. The summed E-state index contributed by atoms with van der Waals surface area (Å²) in [5.74, 6) is -0.0711. The summed E-state index contributed by atoms with van der Waals surface area (Å²) in [7, 11) is 0. The number of carbonyl (C=O) groups is 1. The molecule has 0 radical (unpaired) electrons. The molecule has 4 nitrogen and oxygen atoms in total. The molecule has 1 aromatic rings. The normalized spacial score (nSPS) is 14.8. The zero-order chi connectivity index (χ0) is 9.26. The Balaban J connectivity index is 2.53.